The second-order valence-corrected chi connectivity index (χ2v) is 5.83. The van der Waals surface area contributed by atoms with E-state index in [2.05, 4.69) is 0 Å². The van der Waals surface area contributed by atoms with E-state index in [0.717, 1.165) is 36.7 Å². The highest BCUT2D eigenvalue weighted by Gasteiger charge is 2.40. The minimum atomic E-state index is -0.457. The van der Waals surface area contributed by atoms with Crippen LogP contribution in [-0.4, -0.2) is 17.3 Å². The van der Waals surface area contributed by atoms with Crippen molar-refractivity contribution in [3.8, 4) is 5.75 Å². The first-order valence-electron chi connectivity index (χ1n) is 6.28. The number of aliphatic hydroxyl groups is 1. The smallest absolute Gasteiger partial charge is 0.138 e. The Morgan fingerprint density at radius 2 is 2.12 bits per heavy atom. The van der Waals surface area contributed by atoms with Crippen LogP contribution in [0.5, 0.6) is 5.75 Å². The standard InChI is InChI=1S/C14H17ClO2/c15-12-4-3-11(8-14(16)5-6-14)7-13(12)17-9-10-1-2-10/h3-4,7,10,16H,1-2,5-6,8-9H2. The Morgan fingerprint density at radius 1 is 1.35 bits per heavy atom. The summed E-state index contributed by atoms with van der Waals surface area (Å²) in [5.41, 5.74) is 0.655. The van der Waals surface area contributed by atoms with Crippen LogP contribution in [0.3, 0.4) is 0 Å². The van der Waals surface area contributed by atoms with Gasteiger partial charge in [0.05, 0.1) is 17.2 Å². The molecular formula is C14H17ClO2. The van der Waals surface area contributed by atoms with Gasteiger partial charge < -0.3 is 9.84 Å². The van der Waals surface area contributed by atoms with Crippen LogP contribution in [0.1, 0.15) is 31.2 Å². The SMILES string of the molecule is OC1(Cc2ccc(Cl)c(OCC3CC3)c2)CC1. The largest absolute Gasteiger partial charge is 0.492 e. The Labute approximate surface area is 107 Å². The second kappa shape index (κ2) is 4.18. The van der Waals surface area contributed by atoms with E-state index in [9.17, 15) is 5.11 Å². The van der Waals surface area contributed by atoms with Gasteiger partial charge in [-0.3, -0.25) is 0 Å². The lowest BCUT2D eigenvalue weighted by molar-refractivity contribution is 0.151. The Hall–Kier alpha value is -0.730. The first kappa shape index (κ1) is 11.4. The minimum absolute atomic E-state index is 0.457. The van der Waals surface area contributed by atoms with Gasteiger partial charge in [-0.25, -0.2) is 0 Å². The number of ether oxygens (including phenoxy) is 1. The van der Waals surface area contributed by atoms with Crippen molar-refractivity contribution in [1.82, 2.24) is 0 Å². The lowest BCUT2D eigenvalue weighted by Crippen LogP contribution is -2.10. The van der Waals surface area contributed by atoms with Gasteiger partial charge >= 0.3 is 0 Å². The zero-order chi connectivity index (χ0) is 11.9. The number of hydrogen-bond donors (Lipinski definition) is 1. The van der Waals surface area contributed by atoms with Crippen molar-refractivity contribution in [3.05, 3.63) is 28.8 Å². The van der Waals surface area contributed by atoms with Crippen LogP contribution in [-0.2, 0) is 6.42 Å². The van der Waals surface area contributed by atoms with E-state index < -0.39 is 5.60 Å². The van der Waals surface area contributed by atoms with Gasteiger partial charge in [-0.2, -0.15) is 0 Å². The predicted octanol–water partition coefficient (Wildman–Crippen LogP) is 3.20. The van der Waals surface area contributed by atoms with Gasteiger partial charge in [0, 0.05) is 6.42 Å². The highest BCUT2D eigenvalue weighted by atomic mass is 35.5. The van der Waals surface area contributed by atoms with Crippen molar-refractivity contribution in [2.24, 2.45) is 5.92 Å². The molecule has 0 radical (unpaired) electrons. The van der Waals surface area contributed by atoms with Gasteiger partial charge in [0.1, 0.15) is 5.75 Å². The van der Waals surface area contributed by atoms with E-state index >= 15 is 0 Å². The van der Waals surface area contributed by atoms with Crippen molar-refractivity contribution >= 4 is 11.6 Å². The number of hydrogen-bond acceptors (Lipinski definition) is 2. The molecule has 3 rings (SSSR count). The number of rotatable bonds is 5. The maximum atomic E-state index is 9.90. The topological polar surface area (TPSA) is 29.5 Å². The monoisotopic (exact) mass is 252 g/mol. The average molecular weight is 253 g/mol. The van der Waals surface area contributed by atoms with Gasteiger partial charge in [0.2, 0.25) is 0 Å². The molecule has 92 valence electrons. The third-order valence-corrected chi connectivity index (χ3v) is 3.84. The van der Waals surface area contributed by atoms with E-state index in [0.29, 0.717) is 11.4 Å². The fourth-order valence-electron chi connectivity index (χ4n) is 1.96. The minimum Gasteiger partial charge on any atom is -0.492 e. The molecule has 0 saturated heterocycles. The van der Waals surface area contributed by atoms with E-state index in [1.807, 2.05) is 18.2 Å². The molecule has 3 heteroatoms. The summed E-state index contributed by atoms with van der Waals surface area (Å²) in [5.74, 6) is 1.49. The molecule has 2 saturated carbocycles. The summed E-state index contributed by atoms with van der Waals surface area (Å²) in [6.45, 7) is 0.771. The molecule has 2 fully saturated rings. The van der Waals surface area contributed by atoms with Crippen molar-refractivity contribution in [2.75, 3.05) is 6.61 Å². The van der Waals surface area contributed by atoms with Gasteiger partial charge in [-0.05, 0) is 49.3 Å². The molecule has 0 spiro atoms. The Bertz CT molecular complexity index is 422. The zero-order valence-corrected chi connectivity index (χ0v) is 10.5. The molecule has 0 aliphatic heterocycles. The molecule has 1 N–H and O–H groups in total. The lowest BCUT2D eigenvalue weighted by Gasteiger charge is -2.11. The molecule has 2 nitrogen and oxygen atoms in total. The van der Waals surface area contributed by atoms with Crippen molar-refractivity contribution in [1.29, 1.82) is 0 Å². The first-order chi connectivity index (χ1) is 8.15. The summed E-state index contributed by atoms with van der Waals surface area (Å²) in [4.78, 5) is 0. The van der Waals surface area contributed by atoms with Crippen molar-refractivity contribution in [3.63, 3.8) is 0 Å². The van der Waals surface area contributed by atoms with Crippen LogP contribution in [0.4, 0.5) is 0 Å². The highest BCUT2D eigenvalue weighted by Crippen LogP contribution is 2.39. The Morgan fingerprint density at radius 3 is 2.76 bits per heavy atom. The molecule has 1 aromatic rings. The van der Waals surface area contributed by atoms with Crippen molar-refractivity contribution in [2.45, 2.75) is 37.7 Å². The molecule has 0 bridgehead atoms. The van der Waals surface area contributed by atoms with Gasteiger partial charge in [0.25, 0.3) is 0 Å². The summed E-state index contributed by atoms with van der Waals surface area (Å²) in [5, 5.41) is 10.6. The predicted molar refractivity (Wildman–Crippen MR) is 67.6 cm³/mol. The maximum absolute atomic E-state index is 9.90. The highest BCUT2D eigenvalue weighted by molar-refractivity contribution is 6.32. The third kappa shape index (κ3) is 2.93. The number of halogens is 1. The van der Waals surface area contributed by atoms with Crippen molar-refractivity contribution < 1.29 is 9.84 Å². The van der Waals surface area contributed by atoms with Crippen LogP contribution in [0.2, 0.25) is 5.02 Å². The van der Waals surface area contributed by atoms with E-state index in [1.165, 1.54) is 12.8 Å². The molecule has 0 amide bonds. The van der Waals surface area contributed by atoms with E-state index in [4.69, 9.17) is 16.3 Å². The molecule has 2 aliphatic carbocycles. The molecule has 17 heavy (non-hydrogen) atoms. The molecular weight excluding hydrogens is 236 g/mol. The van der Waals surface area contributed by atoms with Gasteiger partial charge in [-0.1, -0.05) is 17.7 Å². The quantitative estimate of drug-likeness (QED) is 0.872. The molecule has 0 unspecified atom stereocenters. The van der Waals surface area contributed by atoms with Crippen LogP contribution < -0.4 is 4.74 Å². The Balaban J connectivity index is 1.69. The first-order valence-corrected chi connectivity index (χ1v) is 6.66. The van der Waals surface area contributed by atoms with Crippen LogP contribution >= 0.6 is 11.6 Å². The average Bonchev–Trinajstić information content (AvgIpc) is 3.18. The van der Waals surface area contributed by atoms with Crippen LogP contribution in [0.15, 0.2) is 18.2 Å². The molecule has 2 aliphatic rings. The number of benzene rings is 1. The zero-order valence-electron chi connectivity index (χ0n) is 9.79. The lowest BCUT2D eigenvalue weighted by atomic mass is 10.1. The third-order valence-electron chi connectivity index (χ3n) is 3.53. The Kier molecular flexibility index (Phi) is 2.80. The van der Waals surface area contributed by atoms with Crippen LogP contribution in [0, 0.1) is 5.92 Å². The second-order valence-electron chi connectivity index (χ2n) is 5.42. The summed E-state index contributed by atoms with van der Waals surface area (Å²) in [6, 6.07) is 5.81. The van der Waals surface area contributed by atoms with E-state index in [-0.39, 0.29) is 0 Å². The van der Waals surface area contributed by atoms with Gasteiger partial charge in [-0.15, -0.1) is 0 Å². The summed E-state index contributed by atoms with van der Waals surface area (Å²) < 4.78 is 5.72. The fraction of sp³-hybridized carbons (Fsp3) is 0.571. The summed E-state index contributed by atoms with van der Waals surface area (Å²) in [7, 11) is 0. The van der Waals surface area contributed by atoms with Gasteiger partial charge in [0.15, 0.2) is 0 Å². The van der Waals surface area contributed by atoms with E-state index in [1.54, 1.807) is 0 Å². The fourth-order valence-corrected chi connectivity index (χ4v) is 2.13. The molecule has 0 heterocycles. The molecule has 0 aromatic heterocycles. The maximum Gasteiger partial charge on any atom is 0.138 e. The van der Waals surface area contributed by atoms with Crippen LogP contribution in [0.25, 0.3) is 0 Å². The molecule has 1 aromatic carbocycles. The molecule has 0 atom stereocenters. The summed E-state index contributed by atoms with van der Waals surface area (Å²) >= 11 is 6.10. The normalized spacial score (nSPS) is 21.3. The summed E-state index contributed by atoms with van der Waals surface area (Å²) in [6.07, 6.45) is 5.08.